The van der Waals surface area contributed by atoms with Crippen molar-refractivity contribution in [2.24, 2.45) is 11.7 Å². The highest BCUT2D eigenvalue weighted by Gasteiger charge is 2.37. The summed E-state index contributed by atoms with van der Waals surface area (Å²) in [5, 5.41) is 2.82. The van der Waals surface area contributed by atoms with Crippen molar-refractivity contribution in [3.63, 3.8) is 0 Å². The van der Waals surface area contributed by atoms with Crippen molar-refractivity contribution in [2.45, 2.75) is 26.3 Å². The van der Waals surface area contributed by atoms with Gasteiger partial charge in [0.15, 0.2) is 11.7 Å². The number of carbonyl (C=O) groups is 3. The number of rotatable bonds is 9. The molecular weight excluding hydrogens is 449 g/mol. The Labute approximate surface area is 193 Å². The fourth-order valence-electron chi connectivity index (χ4n) is 3.13. The lowest BCUT2D eigenvalue weighted by atomic mass is 10.1. The summed E-state index contributed by atoms with van der Waals surface area (Å²) in [6, 6.07) is 6.95. The maximum atomic E-state index is 13.7. The van der Waals surface area contributed by atoms with E-state index in [2.05, 4.69) is 9.69 Å². The number of benzene rings is 1. The first kappa shape index (κ1) is 23.9. The third-order valence-electron chi connectivity index (χ3n) is 4.82. The van der Waals surface area contributed by atoms with Crippen molar-refractivity contribution in [1.29, 1.82) is 0 Å². The number of anilines is 2. The van der Waals surface area contributed by atoms with E-state index in [-0.39, 0.29) is 27.7 Å². The maximum absolute atomic E-state index is 13.7. The average Bonchev–Trinajstić information content (AvgIpc) is 3.42. The largest absolute Gasteiger partial charge is 0.467 e. The molecule has 0 saturated carbocycles. The second kappa shape index (κ2) is 10.3. The molecule has 0 aliphatic rings. The predicted molar refractivity (Wildman–Crippen MR) is 122 cm³/mol. The summed E-state index contributed by atoms with van der Waals surface area (Å²) >= 11 is 0.683. The molecule has 0 saturated heterocycles. The second-order valence-electron chi connectivity index (χ2n) is 7.68. The zero-order valence-corrected chi connectivity index (χ0v) is 18.9. The molecule has 174 valence electrons. The normalized spacial score (nSPS) is 11.9. The van der Waals surface area contributed by atoms with Crippen LogP contribution in [0.25, 0.3) is 0 Å². The van der Waals surface area contributed by atoms with E-state index >= 15 is 0 Å². The molecule has 33 heavy (non-hydrogen) atoms. The topological polar surface area (TPSA) is 145 Å². The van der Waals surface area contributed by atoms with Crippen molar-refractivity contribution in [2.75, 3.05) is 17.2 Å². The molecule has 5 N–H and O–H groups in total. The Morgan fingerprint density at radius 3 is 2.45 bits per heavy atom. The Morgan fingerprint density at radius 1 is 1.21 bits per heavy atom. The number of nitrogens with one attached hydrogen (secondary N) is 1. The monoisotopic (exact) mass is 473 g/mol. The van der Waals surface area contributed by atoms with Crippen LogP contribution in [0.2, 0.25) is 0 Å². The number of halogens is 1. The van der Waals surface area contributed by atoms with Crippen LogP contribution < -0.4 is 21.7 Å². The van der Waals surface area contributed by atoms with Crippen LogP contribution >= 0.6 is 11.5 Å². The SMILES string of the molecule is CC(C)CCNC(=O)[C@H](c1ccco1)N(C(=O)c1snc(C(N)=O)c1N)c1ccc(F)cc1. The van der Waals surface area contributed by atoms with E-state index in [9.17, 15) is 18.8 Å². The van der Waals surface area contributed by atoms with Gasteiger partial charge in [-0.2, -0.15) is 4.37 Å². The molecule has 0 radical (unpaired) electrons. The Bertz CT molecular complexity index is 1130. The van der Waals surface area contributed by atoms with Crippen molar-refractivity contribution in [3.8, 4) is 0 Å². The van der Waals surface area contributed by atoms with Crippen molar-refractivity contribution < 1.29 is 23.2 Å². The molecule has 11 heteroatoms. The van der Waals surface area contributed by atoms with Gasteiger partial charge in [-0.15, -0.1) is 0 Å². The number of nitrogen functional groups attached to an aromatic ring is 1. The lowest BCUT2D eigenvalue weighted by Gasteiger charge is -2.29. The van der Waals surface area contributed by atoms with Crippen LogP contribution in [0, 0.1) is 11.7 Å². The van der Waals surface area contributed by atoms with Crippen molar-refractivity contribution in [3.05, 3.63) is 64.8 Å². The van der Waals surface area contributed by atoms with E-state index in [4.69, 9.17) is 15.9 Å². The van der Waals surface area contributed by atoms with Crippen LogP contribution in [-0.4, -0.2) is 28.6 Å². The Balaban J connectivity index is 2.09. The highest BCUT2D eigenvalue weighted by Crippen LogP contribution is 2.33. The van der Waals surface area contributed by atoms with Crippen LogP contribution in [0.5, 0.6) is 0 Å². The molecule has 0 bridgehead atoms. The van der Waals surface area contributed by atoms with E-state index < -0.39 is 29.6 Å². The molecule has 0 spiro atoms. The summed E-state index contributed by atoms with van der Waals surface area (Å²) in [5.41, 5.74) is 11.0. The van der Waals surface area contributed by atoms with Crippen LogP contribution in [0.15, 0.2) is 47.1 Å². The summed E-state index contributed by atoms with van der Waals surface area (Å²) in [6.07, 6.45) is 2.11. The molecule has 2 heterocycles. The summed E-state index contributed by atoms with van der Waals surface area (Å²) in [6.45, 7) is 4.43. The number of aromatic nitrogens is 1. The van der Waals surface area contributed by atoms with E-state index in [1.807, 2.05) is 13.8 Å². The van der Waals surface area contributed by atoms with E-state index in [0.29, 0.717) is 24.0 Å². The smallest absolute Gasteiger partial charge is 0.273 e. The maximum Gasteiger partial charge on any atom is 0.273 e. The third-order valence-corrected chi connectivity index (χ3v) is 5.67. The number of nitrogens with two attached hydrogens (primary N) is 2. The van der Waals surface area contributed by atoms with Gasteiger partial charge in [0.25, 0.3) is 17.7 Å². The highest BCUT2D eigenvalue weighted by molar-refractivity contribution is 7.09. The summed E-state index contributed by atoms with van der Waals surface area (Å²) in [4.78, 5) is 39.6. The Hall–Kier alpha value is -3.73. The van der Waals surface area contributed by atoms with Crippen LogP contribution in [0.3, 0.4) is 0 Å². The molecule has 1 atom stereocenters. The molecule has 3 amide bonds. The van der Waals surface area contributed by atoms with Crippen LogP contribution in [0.4, 0.5) is 15.8 Å². The molecule has 0 aliphatic carbocycles. The summed E-state index contributed by atoms with van der Waals surface area (Å²) in [5.74, 6) is -2.08. The zero-order chi connectivity index (χ0) is 24.1. The Kier molecular flexibility index (Phi) is 7.44. The highest BCUT2D eigenvalue weighted by atomic mass is 32.1. The van der Waals surface area contributed by atoms with Crippen LogP contribution in [-0.2, 0) is 4.79 Å². The molecule has 0 fully saturated rings. The van der Waals surface area contributed by atoms with Gasteiger partial charge in [-0.3, -0.25) is 19.3 Å². The van der Waals surface area contributed by atoms with Gasteiger partial charge in [0.2, 0.25) is 0 Å². The Morgan fingerprint density at radius 2 is 1.91 bits per heavy atom. The van der Waals surface area contributed by atoms with Crippen molar-refractivity contribution in [1.82, 2.24) is 9.69 Å². The van der Waals surface area contributed by atoms with Gasteiger partial charge in [0, 0.05) is 12.2 Å². The molecule has 9 nitrogen and oxygen atoms in total. The van der Waals surface area contributed by atoms with Crippen LogP contribution in [0.1, 0.15) is 52.2 Å². The van der Waals surface area contributed by atoms with Gasteiger partial charge in [-0.1, -0.05) is 13.8 Å². The third kappa shape index (κ3) is 5.37. The van der Waals surface area contributed by atoms with Crippen molar-refractivity contribution >= 4 is 40.6 Å². The first-order chi connectivity index (χ1) is 15.7. The fraction of sp³-hybridized carbons (Fsp3) is 0.273. The van der Waals surface area contributed by atoms with E-state index in [1.54, 1.807) is 12.1 Å². The quantitative estimate of drug-likeness (QED) is 0.435. The van der Waals surface area contributed by atoms with Gasteiger partial charge in [0.1, 0.15) is 16.5 Å². The molecule has 3 aromatic rings. The molecule has 1 aromatic carbocycles. The first-order valence-electron chi connectivity index (χ1n) is 10.2. The number of amides is 3. The van der Waals surface area contributed by atoms with E-state index in [0.717, 1.165) is 23.5 Å². The fourth-order valence-corrected chi connectivity index (χ4v) is 3.87. The lowest BCUT2D eigenvalue weighted by Crippen LogP contribution is -2.44. The van der Waals surface area contributed by atoms with Gasteiger partial charge in [-0.05, 0) is 60.3 Å². The average molecular weight is 474 g/mol. The molecule has 3 rings (SSSR count). The predicted octanol–water partition coefficient (Wildman–Crippen LogP) is 3.11. The van der Waals surface area contributed by atoms with E-state index in [1.165, 1.54) is 18.4 Å². The number of furan rings is 1. The lowest BCUT2D eigenvalue weighted by molar-refractivity contribution is -0.122. The number of hydrogen-bond donors (Lipinski definition) is 3. The minimum atomic E-state index is -1.23. The molecular formula is C22H24FN5O4S. The molecule has 0 aliphatic heterocycles. The molecule has 2 aromatic heterocycles. The van der Waals surface area contributed by atoms with Gasteiger partial charge in [-0.25, -0.2) is 4.39 Å². The number of nitrogens with zero attached hydrogens (tertiary/aromatic N) is 2. The number of primary amides is 1. The van der Waals surface area contributed by atoms with Gasteiger partial charge < -0.3 is 21.2 Å². The first-order valence-corrected chi connectivity index (χ1v) is 10.9. The summed E-state index contributed by atoms with van der Waals surface area (Å²) < 4.78 is 23.0. The second-order valence-corrected chi connectivity index (χ2v) is 8.45. The zero-order valence-electron chi connectivity index (χ0n) is 18.1. The number of hydrogen-bond acceptors (Lipinski definition) is 7. The molecule has 0 unspecified atom stereocenters. The standard InChI is InChI=1S/C22H24FN5O4S/c1-12(2)9-10-26-21(30)18(15-4-3-11-32-15)28(14-7-5-13(23)6-8-14)22(31)19-16(24)17(20(25)29)27-33-19/h3-8,11-12,18H,9-10,24H2,1-2H3,(H2,25,29)(H,26,30)/t18-/m0/s1. The minimum Gasteiger partial charge on any atom is -0.467 e. The van der Waals surface area contributed by atoms with Gasteiger partial charge in [0.05, 0.1) is 12.0 Å². The summed E-state index contributed by atoms with van der Waals surface area (Å²) in [7, 11) is 0. The number of carbonyl (C=O) groups excluding carboxylic acids is 3. The van der Waals surface area contributed by atoms with Gasteiger partial charge >= 0.3 is 0 Å². The minimum absolute atomic E-state index is 0.0836.